The molecule has 0 aliphatic carbocycles. The van der Waals surface area contributed by atoms with E-state index in [1.54, 1.807) is 24.8 Å². The zero-order valence-electron chi connectivity index (χ0n) is 17.1. The van der Waals surface area contributed by atoms with Crippen LogP contribution in [0, 0.1) is 0 Å². The molecule has 1 aliphatic rings. The van der Waals surface area contributed by atoms with Crippen LogP contribution in [0.1, 0.15) is 30.0 Å². The molecule has 7 heteroatoms. The lowest BCUT2D eigenvalue weighted by Crippen LogP contribution is -2.38. The van der Waals surface area contributed by atoms with Crippen LogP contribution in [-0.4, -0.2) is 48.8 Å². The molecule has 5 heterocycles. The summed E-state index contributed by atoms with van der Waals surface area (Å²) < 4.78 is 0. The maximum Gasteiger partial charge on any atom is 0.227 e. The zero-order valence-corrected chi connectivity index (χ0v) is 17.1. The predicted molar refractivity (Wildman–Crippen MR) is 117 cm³/mol. The van der Waals surface area contributed by atoms with E-state index in [9.17, 15) is 4.79 Å². The fourth-order valence-electron chi connectivity index (χ4n) is 4.07. The van der Waals surface area contributed by atoms with Crippen molar-refractivity contribution in [3.8, 4) is 11.1 Å². The van der Waals surface area contributed by atoms with Crippen LogP contribution in [0.4, 0.5) is 0 Å². The summed E-state index contributed by atoms with van der Waals surface area (Å²) in [4.78, 5) is 36.2. The average molecular weight is 410 g/mol. The third-order valence-electron chi connectivity index (χ3n) is 5.80. The second-order valence-corrected chi connectivity index (χ2v) is 7.83. The van der Waals surface area contributed by atoms with E-state index < -0.39 is 0 Å². The van der Waals surface area contributed by atoms with Gasteiger partial charge in [0.05, 0.1) is 6.42 Å². The van der Waals surface area contributed by atoms with Crippen LogP contribution in [0.5, 0.6) is 0 Å². The molecular formula is C24H22N6O. The molecule has 0 radical (unpaired) electrons. The van der Waals surface area contributed by atoms with E-state index in [1.807, 2.05) is 23.2 Å². The number of likely N-dealkylation sites (tertiary alicyclic amines) is 1. The number of rotatable bonds is 4. The predicted octanol–water partition coefficient (Wildman–Crippen LogP) is 3.43. The summed E-state index contributed by atoms with van der Waals surface area (Å²) in [6.07, 6.45) is 12.6. The highest BCUT2D eigenvalue weighted by molar-refractivity contribution is 5.81. The van der Waals surface area contributed by atoms with Crippen molar-refractivity contribution in [3.05, 3.63) is 78.9 Å². The molecule has 4 aromatic rings. The van der Waals surface area contributed by atoms with E-state index in [2.05, 4.69) is 38.1 Å². The molecule has 4 aromatic heterocycles. The van der Waals surface area contributed by atoms with Gasteiger partial charge in [-0.15, -0.1) is 0 Å². The second-order valence-electron chi connectivity index (χ2n) is 7.83. The number of amides is 1. The van der Waals surface area contributed by atoms with Gasteiger partial charge in [0.25, 0.3) is 0 Å². The molecule has 5 rings (SSSR count). The Morgan fingerprint density at radius 2 is 1.81 bits per heavy atom. The molecule has 154 valence electrons. The smallest absolute Gasteiger partial charge is 0.227 e. The number of fused-ring (bicyclic) bond motifs is 1. The summed E-state index contributed by atoms with van der Waals surface area (Å²) in [5.74, 6) is 0.507. The number of carbonyl (C=O) groups is 1. The Morgan fingerprint density at radius 1 is 0.968 bits per heavy atom. The standard InChI is InChI=1S/C24H22N6O/c31-23(10-17-2-1-7-25-12-17)30-8-5-18(6-9-30)22-4-3-19-11-20(15-28-24(19)29-22)21-13-26-16-27-14-21/h1-4,7,11-16,18H,5-6,8-10H2. The van der Waals surface area contributed by atoms with E-state index in [0.717, 1.165) is 59.3 Å². The maximum absolute atomic E-state index is 12.6. The van der Waals surface area contributed by atoms with E-state index in [4.69, 9.17) is 4.98 Å². The number of hydrogen-bond donors (Lipinski definition) is 0. The molecule has 1 amide bonds. The van der Waals surface area contributed by atoms with Crippen molar-refractivity contribution in [2.45, 2.75) is 25.2 Å². The van der Waals surface area contributed by atoms with Crippen molar-refractivity contribution in [1.82, 2.24) is 29.8 Å². The van der Waals surface area contributed by atoms with Crippen molar-refractivity contribution < 1.29 is 4.79 Å². The minimum Gasteiger partial charge on any atom is -0.342 e. The number of hydrogen-bond acceptors (Lipinski definition) is 6. The van der Waals surface area contributed by atoms with Crippen molar-refractivity contribution in [1.29, 1.82) is 0 Å². The first-order chi connectivity index (χ1) is 15.3. The molecule has 1 saturated heterocycles. The average Bonchev–Trinajstić information content (AvgIpc) is 2.84. The van der Waals surface area contributed by atoms with E-state index in [1.165, 1.54) is 6.33 Å². The lowest BCUT2D eigenvalue weighted by atomic mass is 9.92. The van der Waals surface area contributed by atoms with Crippen LogP contribution in [0.25, 0.3) is 22.2 Å². The molecule has 0 unspecified atom stereocenters. The molecule has 7 nitrogen and oxygen atoms in total. The molecule has 0 atom stereocenters. The monoisotopic (exact) mass is 410 g/mol. The van der Waals surface area contributed by atoms with Crippen LogP contribution >= 0.6 is 0 Å². The highest BCUT2D eigenvalue weighted by Gasteiger charge is 2.25. The Labute approximate surface area is 180 Å². The third kappa shape index (κ3) is 4.26. The van der Waals surface area contributed by atoms with Crippen molar-refractivity contribution in [2.24, 2.45) is 0 Å². The summed E-state index contributed by atoms with van der Waals surface area (Å²) in [6.45, 7) is 1.51. The van der Waals surface area contributed by atoms with Gasteiger partial charge in [0.1, 0.15) is 6.33 Å². The fourth-order valence-corrected chi connectivity index (χ4v) is 4.07. The highest BCUT2D eigenvalue weighted by Crippen LogP contribution is 2.29. The Kier molecular flexibility index (Phi) is 5.31. The van der Waals surface area contributed by atoms with E-state index >= 15 is 0 Å². The Balaban J connectivity index is 1.26. The Hall–Kier alpha value is -3.74. The van der Waals surface area contributed by atoms with Crippen molar-refractivity contribution >= 4 is 16.9 Å². The Morgan fingerprint density at radius 3 is 2.58 bits per heavy atom. The van der Waals surface area contributed by atoms with Gasteiger partial charge in [-0.2, -0.15) is 0 Å². The minimum absolute atomic E-state index is 0.164. The SMILES string of the molecule is O=C(Cc1cccnc1)N1CCC(c2ccc3cc(-c4cncnc4)cnc3n2)CC1. The van der Waals surface area contributed by atoms with Gasteiger partial charge in [0.2, 0.25) is 5.91 Å². The van der Waals surface area contributed by atoms with Gasteiger partial charge in [-0.25, -0.2) is 19.9 Å². The first-order valence-electron chi connectivity index (χ1n) is 10.4. The number of pyridine rings is 3. The Bertz CT molecular complexity index is 1190. The number of aromatic nitrogens is 5. The molecule has 0 aromatic carbocycles. The first kappa shape index (κ1) is 19.2. The number of nitrogens with zero attached hydrogens (tertiary/aromatic N) is 6. The normalized spacial score (nSPS) is 14.6. The van der Waals surface area contributed by atoms with Gasteiger partial charge in [-0.1, -0.05) is 6.07 Å². The lowest BCUT2D eigenvalue weighted by molar-refractivity contribution is -0.131. The summed E-state index contributed by atoms with van der Waals surface area (Å²) >= 11 is 0. The van der Waals surface area contributed by atoms with Gasteiger partial charge < -0.3 is 4.90 Å². The largest absolute Gasteiger partial charge is 0.342 e. The lowest BCUT2D eigenvalue weighted by Gasteiger charge is -2.32. The summed E-state index contributed by atoms with van der Waals surface area (Å²) in [5.41, 5.74) is 4.66. The third-order valence-corrected chi connectivity index (χ3v) is 5.80. The maximum atomic E-state index is 12.6. The van der Waals surface area contributed by atoms with Crippen molar-refractivity contribution in [3.63, 3.8) is 0 Å². The van der Waals surface area contributed by atoms with E-state index in [0.29, 0.717) is 12.3 Å². The molecule has 0 bridgehead atoms. The zero-order chi connectivity index (χ0) is 21.0. The molecule has 0 saturated carbocycles. The molecule has 1 aliphatic heterocycles. The van der Waals surface area contributed by atoms with E-state index in [-0.39, 0.29) is 5.91 Å². The summed E-state index contributed by atoms with van der Waals surface area (Å²) in [5, 5.41) is 0.995. The van der Waals surface area contributed by atoms with Gasteiger partial charge in [-0.3, -0.25) is 9.78 Å². The number of carbonyl (C=O) groups excluding carboxylic acids is 1. The molecular weight excluding hydrogens is 388 g/mol. The van der Waals surface area contributed by atoms with Crippen LogP contribution in [0.2, 0.25) is 0 Å². The summed E-state index contributed by atoms with van der Waals surface area (Å²) in [6, 6.07) is 10.0. The topological polar surface area (TPSA) is 84.8 Å². The van der Waals surface area contributed by atoms with Gasteiger partial charge in [0.15, 0.2) is 5.65 Å². The second kappa shape index (κ2) is 8.55. The van der Waals surface area contributed by atoms with Crippen LogP contribution in [0.3, 0.4) is 0 Å². The molecule has 0 spiro atoms. The van der Waals surface area contributed by atoms with Gasteiger partial charge >= 0.3 is 0 Å². The molecule has 1 fully saturated rings. The first-order valence-corrected chi connectivity index (χ1v) is 10.4. The molecule has 31 heavy (non-hydrogen) atoms. The van der Waals surface area contributed by atoms with Crippen molar-refractivity contribution in [2.75, 3.05) is 13.1 Å². The van der Waals surface area contributed by atoms with Crippen LogP contribution < -0.4 is 0 Å². The van der Waals surface area contributed by atoms with Crippen LogP contribution in [-0.2, 0) is 11.2 Å². The fraction of sp³-hybridized carbons (Fsp3) is 0.250. The minimum atomic E-state index is 0.164. The van der Waals surface area contributed by atoms with Crippen LogP contribution in [0.15, 0.2) is 67.6 Å². The van der Waals surface area contributed by atoms with Gasteiger partial charge in [-0.05, 0) is 42.7 Å². The quantitative estimate of drug-likeness (QED) is 0.512. The van der Waals surface area contributed by atoms with Gasteiger partial charge in [0, 0.05) is 72.2 Å². The molecule has 0 N–H and O–H groups in total. The highest BCUT2D eigenvalue weighted by atomic mass is 16.2. The summed E-state index contributed by atoms with van der Waals surface area (Å²) in [7, 11) is 0. The number of piperidine rings is 1.